The van der Waals surface area contributed by atoms with Gasteiger partial charge < -0.3 is 14.8 Å². The molecule has 1 saturated heterocycles. The maximum absolute atomic E-state index is 8.95. The molecule has 5 heteroatoms. The second kappa shape index (κ2) is 6.83. The van der Waals surface area contributed by atoms with Crippen molar-refractivity contribution in [2.75, 3.05) is 20.2 Å². The summed E-state index contributed by atoms with van der Waals surface area (Å²) in [4.78, 5) is 0. The van der Waals surface area contributed by atoms with Gasteiger partial charge in [-0.2, -0.15) is 5.26 Å². The highest BCUT2D eigenvalue weighted by molar-refractivity contribution is 6.32. The van der Waals surface area contributed by atoms with Crippen molar-refractivity contribution in [3.8, 4) is 17.6 Å². The van der Waals surface area contributed by atoms with Gasteiger partial charge in [-0.25, -0.2) is 0 Å². The van der Waals surface area contributed by atoms with E-state index in [2.05, 4.69) is 11.4 Å². The van der Waals surface area contributed by atoms with Crippen LogP contribution < -0.4 is 14.8 Å². The van der Waals surface area contributed by atoms with Crippen LogP contribution in [0.1, 0.15) is 25.3 Å². The van der Waals surface area contributed by atoms with Crippen molar-refractivity contribution in [2.45, 2.75) is 25.9 Å². The van der Waals surface area contributed by atoms with Gasteiger partial charge in [-0.15, -0.1) is 0 Å². The SMILES string of the molecule is COc1cc(C#N)cc(Cl)c1OC(C)C1CCCNC1. The number of rotatable bonds is 4. The highest BCUT2D eigenvalue weighted by atomic mass is 35.5. The van der Waals surface area contributed by atoms with Gasteiger partial charge in [0.15, 0.2) is 11.5 Å². The molecule has 1 N–H and O–H groups in total. The van der Waals surface area contributed by atoms with Crippen LogP contribution in [-0.2, 0) is 0 Å². The van der Waals surface area contributed by atoms with Crippen molar-refractivity contribution in [2.24, 2.45) is 5.92 Å². The first-order chi connectivity index (χ1) is 9.65. The quantitative estimate of drug-likeness (QED) is 0.927. The summed E-state index contributed by atoms with van der Waals surface area (Å²) in [6, 6.07) is 5.30. The van der Waals surface area contributed by atoms with Gasteiger partial charge in [-0.1, -0.05) is 11.6 Å². The maximum Gasteiger partial charge on any atom is 0.180 e. The van der Waals surface area contributed by atoms with Gasteiger partial charge in [0.2, 0.25) is 0 Å². The van der Waals surface area contributed by atoms with Crippen molar-refractivity contribution in [3.05, 3.63) is 22.7 Å². The minimum absolute atomic E-state index is 0.0436. The van der Waals surface area contributed by atoms with Gasteiger partial charge in [0.25, 0.3) is 0 Å². The van der Waals surface area contributed by atoms with E-state index >= 15 is 0 Å². The first-order valence-corrected chi connectivity index (χ1v) is 7.18. The van der Waals surface area contributed by atoms with Crippen LogP contribution in [0.5, 0.6) is 11.5 Å². The molecule has 2 atom stereocenters. The summed E-state index contributed by atoms with van der Waals surface area (Å²) >= 11 is 6.20. The molecule has 4 nitrogen and oxygen atoms in total. The van der Waals surface area contributed by atoms with Crippen molar-refractivity contribution in [3.63, 3.8) is 0 Å². The molecule has 108 valence electrons. The Morgan fingerprint density at radius 1 is 1.50 bits per heavy atom. The number of piperidine rings is 1. The minimum atomic E-state index is 0.0436. The van der Waals surface area contributed by atoms with Gasteiger partial charge in [-0.05, 0) is 32.4 Å². The predicted molar refractivity (Wildman–Crippen MR) is 78.4 cm³/mol. The number of ether oxygens (including phenoxy) is 2. The lowest BCUT2D eigenvalue weighted by Gasteiger charge is -2.29. The van der Waals surface area contributed by atoms with Crippen molar-refractivity contribution in [1.82, 2.24) is 5.32 Å². The van der Waals surface area contributed by atoms with Crippen LogP contribution in [0.4, 0.5) is 0 Å². The molecule has 2 rings (SSSR count). The lowest BCUT2D eigenvalue weighted by molar-refractivity contribution is 0.127. The highest BCUT2D eigenvalue weighted by Gasteiger charge is 2.23. The third-order valence-corrected chi connectivity index (χ3v) is 3.94. The first-order valence-electron chi connectivity index (χ1n) is 6.80. The second-order valence-corrected chi connectivity index (χ2v) is 5.44. The fourth-order valence-electron chi connectivity index (χ4n) is 2.46. The fraction of sp³-hybridized carbons (Fsp3) is 0.533. The summed E-state index contributed by atoms with van der Waals surface area (Å²) in [5.41, 5.74) is 0.464. The Labute approximate surface area is 124 Å². The number of halogens is 1. The molecule has 1 heterocycles. The molecule has 0 amide bonds. The Morgan fingerprint density at radius 2 is 2.30 bits per heavy atom. The second-order valence-electron chi connectivity index (χ2n) is 5.03. The summed E-state index contributed by atoms with van der Waals surface area (Å²) < 4.78 is 11.3. The number of nitrogens with zero attached hydrogens (tertiary/aromatic N) is 1. The Bertz CT molecular complexity index is 507. The summed E-state index contributed by atoms with van der Waals surface area (Å²) in [6.45, 7) is 4.08. The smallest absolute Gasteiger partial charge is 0.180 e. The number of hydrogen-bond acceptors (Lipinski definition) is 4. The molecule has 2 unspecified atom stereocenters. The zero-order chi connectivity index (χ0) is 14.5. The van der Waals surface area contributed by atoms with Crippen LogP contribution in [-0.4, -0.2) is 26.3 Å². The van der Waals surface area contributed by atoms with E-state index in [1.165, 1.54) is 0 Å². The van der Waals surface area contributed by atoms with Gasteiger partial charge in [-0.3, -0.25) is 0 Å². The molecule has 0 bridgehead atoms. The van der Waals surface area contributed by atoms with Crippen molar-refractivity contribution in [1.29, 1.82) is 5.26 Å². The van der Waals surface area contributed by atoms with E-state index in [0.29, 0.717) is 28.0 Å². The molecule has 1 aliphatic heterocycles. The minimum Gasteiger partial charge on any atom is -0.493 e. The average Bonchev–Trinajstić information content (AvgIpc) is 2.49. The Hall–Kier alpha value is -1.44. The van der Waals surface area contributed by atoms with E-state index in [0.717, 1.165) is 25.9 Å². The summed E-state index contributed by atoms with van der Waals surface area (Å²) in [5.74, 6) is 1.48. The Balaban J connectivity index is 2.17. The monoisotopic (exact) mass is 294 g/mol. The lowest BCUT2D eigenvalue weighted by Crippen LogP contribution is -2.38. The van der Waals surface area contributed by atoms with Gasteiger partial charge in [0, 0.05) is 18.5 Å². The highest BCUT2D eigenvalue weighted by Crippen LogP contribution is 2.37. The van der Waals surface area contributed by atoms with E-state index in [4.69, 9.17) is 26.3 Å². The van der Waals surface area contributed by atoms with Crippen LogP contribution in [0.25, 0.3) is 0 Å². The third-order valence-electron chi connectivity index (χ3n) is 3.66. The Morgan fingerprint density at radius 3 is 2.90 bits per heavy atom. The molecule has 0 spiro atoms. The third kappa shape index (κ3) is 3.36. The van der Waals surface area contributed by atoms with Crippen LogP contribution in [0.3, 0.4) is 0 Å². The van der Waals surface area contributed by atoms with Gasteiger partial charge in [0.1, 0.15) is 6.10 Å². The molecule has 1 aromatic rings. The number of methoxy groups -OCH3 is 1. The molecule has 0 saturated carbocycles. The first kappa shape index (κ1) is 15.0. The molecule has 1 fully saturated rings. The molecule has 1 aromatic carbocycles. The van der Waals surface area contributed by atoms with E-state index in [-0.39, 0.29) is 6.10 Å². The lowest BCUT2D eigenvalue weighted by atomic mass is 9.94. The van der Waals surface area contributed by atoms with E-state index in [1.54, 1.807) is 19.2 Å². The normalized spacial score (nSPS) is 20.0. The molecule has 1 aliphatic rings. The Kier molecular flexibility index (Phi) is 5.11. The van der Waals surface area contributed by atoms with Crippen LogP contribution in [0.2, 0.25) is 5.02 Å². The number of hydrogen-bond donors (Lipinski definition) is 1. The van der Waals surface area contributed by atoms with E-state index in [9.17, 15) is 0 Å². The van der Waals surface area contributed by atoms with Crippen molar-refractivity contribution >= 4 is 11.6 Å². The molecule has 20 heavy (non-hydrogen) atoms. The van der Waals surface area contributed by atoms with Gasteiger partial charge in [0.05, 0.1) is 23.8 Å². The zero-order valence-electron chi connectivity index (χ0n) is 11.8. The summed E-state index contributed by atoms with van der Waals surface area (Å²) in [6.07, 6.45) is 2.35. The standard InChI is InChI=1S/C15H19ClN2O2/c1-10(12-4-3-5-18-9-12)20-15-13(16)6-11(8-17)7-14(15)19-2/h6-7,10,12,18H,3-5,9H2,1-2H3. The van der Waals surface area contributed by atoms with Crippen LogP contribution in [0, 0.1) is 17.2 Å². The van der Waals surface area contributed by atoms with Crippen LogP contribution >= 0.6 is 11.6 Å². The molecule has 0 aromatic heterocycles. The molecular formula is C15H19ClN2O2. The number of nitriles is 1. The van der Waals surface area contributed by atoms with Crippen molar-refractivity contribution < 1.29 is 9.47 Å². The molecule has 0 aliphatic carbocycles. The van der Waals surface area contributed by atoms with E-state index < -0.39 is 0 Å². The fourth-order valence-corrected chi connectivity index (χ4v) is 2.72. The number of benzene rings is 1. The van der Waals surface area contributed by atoms with E-state index in [1.807, 2.05) is 6.92 Å². The maximum atomic E-state index is 8.95. The number of nitrogens with one attached hydrogen (secondary N) is 1. The van der Waals surface area contributed by atoms with Crippen LogP contribution in [0.15, 0.2) is 12.1 Å². The largest absolute Gasteiger partial charge is 0.493 e. The molecular weight excluding hydrogens is 276 g/mol. The average molecular weight is 295 g/mol. The topological polar surface area (TPSA) is 54.3 Å². The predicted octanol–water partition coefficient (Wildman–Crippen LogP) is 2.99. The zero-order valence-corrected chi connectivity index (χ0v) is 12.5. The van der Waals surface area contributed by atoms with Gasteiger partial charge >= 0.3 is 0 Å². The molecule has 0 radical (unpaired) electrons. The summed E-state index contributed by atoms with van der Waals surface area (Å²) in [7, 11) is 1.55. The summed E-state index contributed by atoms with van der Waals surface area (Å²) in [5, 5.41) is 12.7.